The van der Waals surface area contributed by atoms with E-state index in [1.54, 1.807) is 44.4 Å². The number of pyridine rings is 1. The Hall–Kier alpha value is -4.32. The van der Waals surface area contributed by atoms with E-state index in [4.69, 9.17) is 9.47 Å². The Kier molecular flexibility index (Phi) is 6.78. The maximum Gasteiger partial charge on any atom is 0.189 e. The van der Waals surface area contributed by atoms with Gasteiger partial charge in [0, 0.05) is 17.5 Å². The summed E-state index contributed by atoms with van der Waals surface area (Å²) < 4.78 is 10.3. The van der Waals surface area contributed by atoms with Gasteiger partial charge in [0.05, 0.1) is 19.7 Å². The second kappa shape index (κ2) is 10.1. The van der Waals surface area contributed by atoms with Gasteiger partial charge in [0.1, 0.15) is 11.6 Å². The number of methoxy groups -OCH3 is 2. The first-order valence-electron chi connectivity index (χ1n) is 10.8. The minimum Gasteiger partial charge on any atom is -0.504 e. The summed E-state index contributed by atoms with van der Waals surface area (Å²) in [5.74, 6) is 1.71. The topological polar surface area (TPSA) is 80.7 Å². The third-order valence-corrected chi connectivity index (χ3v) is 5.54. The number of phenols is 1. The van der Waals surface area contributed by atoms with Crippen LogP contribution in [0.15, 0.2) is 78.4 Å². The summed E-state index contributed by atoms with van der Waals surface area (Å²) in [6, 6.07) is 22.2. The van der Waals surface area contributed by atoms with Crippen molar-refractivity contribution in [2.45, 2.75) is 13.5 Å². The highest BCUT2D eigenvalue weighted by Crippen LogP contribution is 2.28. The predicted octanol–water partition coefficient (Wildman–Crippen LogP) is 5.86. The molecule has 0 aliphatic carbocycles. The number of para-hydroxylation sites is 1. The minimum atomic E-state index is -0.110. The number of phenolic OH excluding ortho intramolecular Hbond substituents is 1. The number of hydrogen-bond acceptors (Lipinski definition) is 6. The number of nitrogens with one attached hydrogen (secondary N) is 1. The maximum absolute atomic E-state index is 13.4. The van der Waals surface area contributed by atoms with Crippen molar-refractivity contribution in [2.75, 3.05) is 19.5 Å². The largest absolute Gasteiger partial charge is 0.504 e. The van der Waals surface area contributed by atoms with Crippen molar-refractivity contribution in [1.82, 2.24) is 4.98 Å². The van der Waals surface area contributed by atoms with E-state index in [1.165, 1.54) is 7.11 Å². The van der Waals surface area contributed by atoms with Crippen molar-refractivity contribution < 1.29 is 19.4 Å². The highest BCUT2D eigenvalue weighted by molar-refractivity contribution is 6.17. The van der Waals surface area contributed by atoms with E-state index < -0.39 is 0 Å². The molecular formula is C28H26N2O4. The van der Waals surface area contributed by atoms with E-state index >= 15 is 0 Å². The Morgan fingerprint density at radius 3 is 2.47 bits per heavy atom. The Morgan fingerprint density at radius 2 is 1.76 bits per heavy atom. The van der Waals surface area contributed by atoms with Gasteiger partial charge in [-0.25, -0.2) is 4.98 Å². The molecule has 172 valence electrons. The lowest BCUT2D eigenvalue weighted by atomic mass is 9.98. The number of aromatic nitrogens is 1. The minimum absolute atomic E-state index is 0.0240. The second-order valence-corrected chi connectivity index (χ2v) is 7.86. The highest BCUT2D eigenvalue weighted by Gasteiger charge is 2.15. The number of allylic oxidation sites excluding steroid dienone is 1. The van der Waals surface area contributed by atoms with Gasteiger partial charge in [-0.05, 0) is 66.1 Å². The molecule has 0 unspecified atom stereocenters. The average Bonchev–Trinajstić information content (AvgIpc) is 2.87. The van der Waals surface area contributed by atoms with Gasteiger partial charge in [-0.1, -0.05) is 36.4 Å². The van der Waals surface area contributed by atoms with E-state index in [9.17, 15) is 9.90 Å². The van der Waals surface area contributed by atoms with Gasteiger partial charge in [-0.2, -0.15) is 0 Å². The molecule has 0 amide bonds. The fraction of sp³-hybridized carbons (Fsp3) is 0.143. The molecule has 0 bridgehead atoms. The fourth-order valence-corrected chi connectivity index (χ4v) is 3.71. The molecule has 1 aromatic heterocycles. The molecule has 0 fully saturated rings. The molecule has 34 heavy (non-hydrogen) atoms. The number of rotatable bonds is 8. The lowest BCUT2D eigenvalue weighted by molar-refractivity contribution is 0.103. The lowest BCUT2D eigenvalue weighted by Gasteiger charge is -2.12. The molecule has 0 aliphatic rings. The van der Waals surface area contributed by atoms with Crippen LogP contribution in [0.1, 0.15) is 28.4 Å². The number of aromatic hydroxyl groups is 1. The van der Waals surface area contributed by atoms with Crippen molar-refractivity contribution in [3.8, 4) is 17.2 Å². The smallest absolute Gasteiger partial charge is 0.189 e. The molecule has 0 saturated heterocycles. The van der Waals surface area contributed by atoms with Gasteiger partial charge >= 0.3 is 0 Å². The molecule has 4 rings (SSSR count). The number of ketones is 1. The molecule has 0 aliphatic heterocycles. The zero-order valence-corrected chi connectivity index (χ0v) is 19.3. The molecule has 6 heteroatoms. The Balaban J connectivity index is 1.63. The van der Waals surface area contributed by atoms with Gasteiger partial charge in [-0.15, -0.1) is 0 Å². The summed E-state index contributed by atoms with van der Waals surface area (Å²) in [6.07, 6.45) is 1.75. The van der Waals surface area contributed by atoms with E-state index in [0.29, 0.717) is 34.8 Å². The lowest BCUT2D eigenvalue weighted by Crippen LogP contribution is -2.07. The summed E-state index contributed by atoms with van der Waals surface area (Å²) in [6.45, 7) is 2.33. The number of nitrogens with zero attached hydrogens (tertiary/aromatic N) is 1. The maximum atomic E-state index is 13.4. The van der Waals surface area contributed by atoms with E-state index in [-0.39, 0.29) is 11.5 Å². The quantitative estimate of drug-likeness (QED) is 0.257. The van der Waals surface area contributed by atoms with Crippen molar-refractivity contribution in [2.24, 2.45) is 0 Å². The van der Waals surface area contributed by atoms with Gasteiger partial charge in [0.15, 0.2) is 17.3 Å². The number of carbonyl (C=O) groups is 1. The summed E-state index contributed by atoms with van der Waals surface area (Å²) >= 11 is 0. The molecule has 3 aromatic carbocycles. The van der Waals surface area contributed by atoms with E-state index in [0.717, 1.165) is 22.2 Å². The number of anilines is 1. The monoisotopic (exact) mass is 454 g/mol. The standard InChI is InChI=1S/C28H26N2O4/c1-18(14-20-10-13-26(34-3)25(31)15-20)28(32)23-16-27(30-24-7-5-4-6-22(23)24)29-17-19-8-11-21(33-2)12-9-19/h4-16,31H,17H2,1-3H3,(H,29,30)/b18-14+. The highest BCUT2D eigenvalue weighted by atomic mass is 16.5. The summed E-state index contributed by atoms with van der Waals surface area (Å²) in [5, 5.41) is 14.2. The third kappa shape index (κ3) is 5.02. The van der Waals surface area contributed by atoms with Crippen molar-refractivity contribution in [3.05, 3.63) is 95.1 Å². The van der Waals surface area contributed by atoms with Crippen molar-refractivity contribution in [1.29, 1.82) is 0 Å². The molecule has 0 atom stereocenters. The van der Waals surface area contributed by atoms with Crippen LogP contribution < -0.4 is 14.8 Å². The van der Waals surface area contributed by atoms with Crippen LogP contribution >= 0.6 is 0 Å². The summed E-state index contributed by atoms with van der Waals surface area (Å²) in [7, 11) is 3.13. The van der Waals surface area contributed by atoms with Crippen LogP contribution in [0.4, 0.5) is 5.82 Å². The number of hydrogen-bond donors (Lipinski definition) is 2. The molecular weight excluding hydrogens is 428 g/mol. The first-order chi connectivity index (χ1) is 16.5. The van der Waals surface area contributed by atoms with E-state index in [2.05, 4.69) is 10.3 Å². The molecule has 1 heterocycles. The van der Waals surface area contributed by atoms with Gasteiger partial charge < -0.3 is 19.9 Å². The average molecular weight is 455 g/mol. The molecule has 4 aromatic rings. The fourth-order valence-electron chi connectivity index (χ4n) is 3.71. The van der Waals surface area contributed by atoms with Crippen LogP contribution in [0.3, 0.4) is 0 Å². The summed E-state index contributed by atoms with van der Waals surface area (Å²) in [4.78, 5) is 18.1. The number of carbonyl (C=O) groups excluding carboxylic acids is 1. The van der Waals surface area contributed by atoms with Crippen LogP contribution in [0.2, 0.25) is 0 Å². The van der Waals surface area contributed by atoms with Crippen LogP contribution in [0, 0.1) is 0 Å². The Labute approximate surface area is 198 Å². The number of ether oxygens (including phenoxy) is 2. The molecule has 2 N–H and O–H groups in total. The zero-order chi connectivity index (χ0) is 24.1. The molecule has 6 nitrogen and oxygen atoms in total. The van der Waals surface area contributed by atoms with Gasteiger partial charge in [0.25, 0.3) is 0 Å². The predicted molar refractivity (Wildman–Crippen MR) is 135 cm³/mol. The van der Waals surface area contributed by atoms with Crippen LogP contribution in [0.25, 0.3) is 17.0 Å². The number of fused-ring (bicyclic) bond motifs is 1. The molecule has 0 radical (unpaired) electrons. The van der Waals surface area contributed by atoms with Crippen molar-refractivity contribution >= 4 is 28.6 Å². The SMILES string of the molecule is COc1ccc(CNc2cc(C(=O)/C(C)=C/c3ccc(OC)c(O)c3)c3ccccc3n2)cc1. The Morgan fingerprint density at radius 1 is 1.00 bits per heavy atom. The van der Waals surface area contributed by atoms with Crippen LogP contribution in [-0.4, -0.2) is 30.1 Å². The van der Waals surface area contributed by atoms with Crippen molar-refractivity contribution in [3.63, 3.8) is 0 Å². The number of Topliss-reactive ketones (excluding diaryl/α,β-unsaturated/α-hetero) is 1. The first-order valence-corrected chi connectivity index (χ1v) is 10.8. The third-order valence-electron chi connectivity index (χ3n) is 5.54. The summed E-state index contributed by atoms with van der Waals surface area (Å²) in [5.41, 5.74) is 3.62. The van der Waals surface area contributed by atoms with Gasteiger partial charge in [0.2, 0.25) is 0 Å². The zero-order valence-electron chi connectivity index (χ0n) is 19.3. The van der Waals surface area contributed by atoms with Crippen LogP contribution in [-0.2, 0) is 6.54 Å². The first kappa shape index (κ1) is 22.9. The Bertz CT molecular complexity index is 1360. The number of benzene rings is 3. The van der Waals surface area contributed by atoms with E-state index in [1.807, 2.05) is 48.5 Å². The second-order valence-electron chi connectivity index (χ2n) is 7.86. The normalized spacial score (nSPS) is 11.3. The van der Waals surface area contributed by atoms with Gasteiger partial charge in [-0.3, -0.25) is 4.79 Å². The van der Waals surface area contributed by atoms with Crippen LogP contribution in [0.5, 0.6) is 17.2 Å². The molecule has 0 saturated carbocycles. The molecule has 0 spiro atoms.